The molecule has 1 unspecified atom stereocenters. The number of nitrogens with zero attached hydrogens (tertiary/aromatic N) is 1. The molecule has 0 saturated carbocycles. The van der Waals surface area contributed by atoms with Gasteiger partial charge in [-0.05, 0) is 43.3 Å². The van der Waals surface area contributed by atoms with Gasteiger partial charge in [0.05, 0.1) is 24.4 Å². The molecule has 2 aliphatic heterocycles. The number of aromatic amines is 1. The Kier molecular flexibility index (Phi) is 4.88. The summed E-state index contributed by atoms with van der Waals surface area (Å²) in [6, 6.07) is 15.3. The van der Waals surface area contributed by atoms with Gasteiger partial charge in [0, 0.05) is 27.7 Å². The summed E-state index contributed by atoms with van der Waals surface area (Å²) >= 11 is 0. The number of furan rings is 1. The van der Waals surface area contributed by atoms with Crippen molar-refractivity contribution < 1.29 is 28.6 Å². The highest BCUT2D eigenvalue weighted by Gasteiger charge is 2.47. The van der Waals surface area contributed by atoms with Crippen molar-refractivity contribution in [3.05, 3.63) is 89.0 Å². The summed E-state index contributed by atoms with van der Waals surface area (Å²) in [5.41, 5.74) is 2.82. The standard InChI is InChI=1S/C27H22N2O6/c1-15-22(18-6-2-3-7-19(18)28-15)24-23(26(31)27(32)29(24)14-17-5-4-10-33-17)25(30)16-8-9-20-21(13-16)35-12-11-34-20/h2-10,13,24,28,30H,11-12,14H2,1H3/b25-23+. The fourth-order valence-electron chi connectivity index (χ4n) is 4.91. The van der Waals surface area contributed by atoms with Crippen LogP contribution < -0.4 is 9.47 Å². The zero-order valence-electron chi connectivity index (χ0n) is 18.9. The van der Waals surface area contributed by atoms with Crippen molar-refractivity contribution >= 4 is 28.4 Å². The number of carbonyl (C=O) groups is 2. The average molecular weight is 470 g/mol. The first kappa shape index (κ1) is 21.1. The lowest BCUT2D eigenvalue weighted by Crippen LogP contribution is -2.29. The van der Waals surface area contributed by atoms with Crippen LogP contribution >= 0.6 is 0 Å². The fraction of sp³-hybridized carbons (Fsp3) is 0.185. The number of fused-ring (bicyclic) bond motifs is 2. The molecule has 2 N–H and O–H groups in total. The third-order valence-corrected chi connectivity index (χ3v) is 6.48. The highest BCUT2D eigenvalue weighted by atomic mass is 16.6. The second kappa shape index (κ2) is 8.09. The van der Waals surface area contributed by atoms with Crippen LogP contribution in [0.5, 0.6) is 11.5 Å². The van der Waals surface area contributed by atoms with Crippen LogP contribution in [0.15, 0.2) is 70.9 Å². The third kappa shape index (κ3) is 3.37. The van der Waals surface area contributed by atoms with Crippen molar-refractivity contribution in [1.29, 1.82) is 0 Å². The van der Waals surface area contributed by atoms with E-state index in [9.17, 15) is 14.7 Å². The van der Waals surface area contributed by atoms with Gasteiger partial charge in [0.1, 0.15) is 24.7 Å². The molecule has 4 heterocycles. The second-order valence-corrected chi connectivity index (χ2v) is 8.57. The Bertz CT molecular complexity index is 1500. The molecular weight excluding hydrogens is 448 g/mol. The van der Waals surface area contributed by atoms with Crippen LogP contribution in [0.1, 0.15) is 28.6 Å². The number of likely N-dealkylation sites (tertiary alicyclic amines) is 1. The van der Waals surface area contributed by atoms with Crippen LogP contribution in [0.25, 0.3) is 16.7 Å². The Morgan fingerprint density at radius 3 is 2.66 bits per heavy atom. The summed E-state index contributed by atoms with van der Waals surface area (Å²) in [6.07, 6.45) is 1.52. The summed E-state index contributed by atoms with van der Waals surface area (Å²) in [5.74, 6) is -0.139. The summed E-state index contributed by atoms with van der Waals surface area (Å²) in [6.45, 7) is 2.81. The number of carbonyl (C=O) groups excluding carboxylic acids is 2. The molecule has 4 aromatic rings. The highest BCUT2D eigenvalue weighted by Crippen LogP contribution is 2.44. The molecular formula is C27H22N2O6. The minimum absolute atomic E-state index is 0.0195. The van der Waals surface area contributed by atoms with E-state index in [1.807, 2.05) is 31.2 Å². The summed E-state index contributed by atoms with van der Waals surface area (Å²) < 4.78 is 16.7. The van der Waals surface area contributed by atoms with Gasteiger partial charge in [0.25, 0.3) is 11.7 Å². The molecule has 1 fully saturated rings. The summed E-state index contributed by atoms with van der Waals surface area (Å²) in [7, 11) is 0. The van der Waals surface area contributed by atoms with E-state index in [0.717, 1.165) is 22.2 Å². The smallest absolute Gasteiger partial charge is 0.296 e. The molecule has 1 saturated heterocycles. The molecule has 176 valence electrons. The van der Waals surface area contributed by atoms with Gasteiger partial charge in [-0.2, -0.15) is 0 Å². The van der Waals surface area contributed by atoms with E-state index in [-0.39, 0.29) is 17.9 Å². The summed E-state index contributed by atoms with van der Waals surface area (Å²) in [4.78, 5) is 31.5. The zero-order chi connectivity index (χ0) is 24.1. The first-order valence-corrected chi connectivity index (χ1v) is 11.3. The number of rotatable bonds is 4. The predicted octanol–water partition coefficient (Wildman–Crippen LogP) is 4.46. The monoisotopic (exact) mass is 470 g/mol. The van der Waals surface area contributed by atoms with E-state index in [0.29, 0.717) is 36.0 Å². The van der Waals surface area contributed by atoms with E-state index in [1.165, 1.54) is 11.2 Å². The van der Waals surface area contributed by atoms with E-state index >= 15 is 0 Å². The number of nitrogens with one attached hydrogen (secondary N) is 1. The van der Waals surface area contributed by atoms with E-state index < -0.39 is 17.7 Å². The molecule has 0 bridgehead atoms. The minimum Gasteiger partial charge on any atom is -0.507 e. The molecule has 6 rings (SSSR count). The number of amides is 1. The Hall–Kier alpha value is -4.46. The van der Waals surface area contributed by atoms with Gasteiger partial charge in [-0.15, -0.1) is 0 Å². The van der Waals surface area contributed by atoms with Crippen LogP contribution in [0, 0.1) is 6.92 Å². The Morgan fingerprint density at radius 1 is 1.06 bits per heavy atom. The van der Waals surface area contributed by atoms with Crippen molar-refractivity contribution in [2.24, 2.45) is 0 Å². The SMILES string of the molecule is Cc1[nH]c2ccccc2c1C1/C(=C(\O)c2ccc3c(c2)OCCO3)C(=O)C(=O)N1Cc1ccco1. The fourth-order valence-corrected chi connectivity index (χ4v) is 4.91. The van der Waals surface area contributed by atoms with E-state index in [4.69, 9.17) is 13.9 Å². The highest BCUT2D eigenvalue weighted by molar-refractivity contribution is 6.46. The molecule has 35 heavy (non-hydrogen) atoms. The number of ether oxygens (including phenoxy) is 2. The quantitative estimate of drug-likeness (QED) is 0.259. The van der Waals surface area contributed by atoms with Gasteiger partial charge in [0.15, 0.2) is 11.5 Å². The molecule has 1 amide bonds. The topological polar surface area (TPSA) is 105 Å². The van der Waals surface area contributed by atoms with E-state index in [1.54, 1.807) is 30.3 Å². The van der Waals surface area contributed by atoms with Crippen LogP contribution in [0.2, 0.25) is 0 Å². The lowest BCUT2D eigenvalue weighted by Gasteiger charge is -2.25. The molecule has 8 heteroatoms. The first-order valence-electron chi connectivity index (χ1n) is 11.3. The van der Waals surface area contributed by atoms with Gasteiger partial charge in [-0.25, -0.2) is 0 Å². The van der Waals surface area contributed by atoms with Gasteiger partial charge in [-0.3, -0.25) is 9.59 Å². The number of aryl methyl sites for hydroxylation is 1. The van der Waals surface area contributed by atoms with Crippen molar-refractivity contribution in [2.45, 2.75) is 19.5 Å². The van der Waals surface area contributed by atoms with Crippen molar-refractivity contribution in [3.63, 3.8) is 0 Å². The number of hydrogen-bond donors (Lipinski definition) is 2. The van der Waals surface area contributed by atoms with Gasteiger partial charge < -0.3 is 28.9 Å². The molecule has 8 nitrogen and oxygen atoms in total. The van der Waals surface area contributed by atoms with Crippen molar-refractivity contribution in [1.82, 2.24) is 9.88 Å². The zero-order valence-corrected chi connectivity index (χ0v) is 18.9. The Balaban J connectivity index is 1.56. The molecule has 2 aliphatic rings. The van der Waals surface area contributed by atoms with Crippen LogP contribution in [0.4, 0.5) is 0 Å². The van der Waals surface area contributed by atoms with Gasteiger partial charge in [0.2, 0.25) is 0 Å². The Labute approximate surface area is 200 Å². The largest absolute Gasteiger partial charge is 0.507 e. The van der Waals surface area contributed by atoms with Crippen LogP contribution in [-0.2, 0) is 16.1 Å². The average Bonchev–Trinajstić information content (AvgIpc) is 3.56. The number of aliphatic hydroxyl groups excluding tert-OH is 1. The van der Waals surface area contributed by atoms with Gasteiger partial charge in [-0.1, -0.05) is 18.2 Å². The van der Waals surface area contributed by atoms with Crippen molar-refractivity contribution in [3.8, 4) is 11.5 Å². The molecule has 1 atom stereocenters. The number of aliphatic hydroxyl groups is 1. The Morgan fingerprint density at radius 2 is 1.86 bits per heavy atom. The molecule has 0 spiro atoms. The number of para-hydroxylation sites is 1. The van der Waals surface area contributed by atoms with Crippen LogP contribution in [0.3, 0.4) is 0 Å². The summed E-state index contributed by atoms with van der Waals surface area (Å²) in [5, 5.41) is 12.3. The van der Waals surface area contributed by atoms with Gasteiger partial charge >= 0.3 is 0 Å². The maximum absolute atomic E-state index is 13.4. The minimum atomic E-state index is -0.815. The number of Topliss-reactive ketones (excluding diaryl/α,β-unsaturated/α-hetero) is 1. The maximum Gasteiger partial charge on any atom is 0.296 e. The van der Waals surface area contributed by atoms with Crippen LogP contribution in [-0.4, -0.2) is 39.9 Å². The number of hydrogen-bond acceptors (Lipinski definition) is 6. The maximum atomic E-state index is 13.4. The normalized spacial score (nSPS) is 19.0. The van der Waals surface area contributed by atoms with E-state index in [2.05, 4.69) is 4.98 Å². The number of benzene rings is 2. The predicted molar refractivity (Wildman–Crippen MR) is 127 cm³/mol. The molecule has 0 radical (unpaired) electrons. The number of aromatic nitrogens is 1. The lowest BCUT2D eigenvalue weighted by atomic mass is 9.93. The first-order chi connectivity index (χ1) is 17.0. The second-order valence-electron chi connectivity index (χ2n) is 8.57. The van der Waals surface area contributed by atoms with Crippen molar-refractivity contribution in [2.75, 3.05) is 13.2 Å². The lowest BCUT2D eigenvalue weighted by molar-refractivity contribution is -0.140. The molecule has 2 aromatic carbocycles. The third-order valence-electron chi connectivity index (χ3n) is 6.48. The number of ketones is 1. The number of H-pyrrole nitrogens is 1. The molecule has 2 aromatic heterocycles. The molecule has 0 aliphatic carbocycles.